The van der Waals surface area contributed by atoms with Gasteiger partial charge < -0.3 is 10.4 Å². The number of rotatable bonds is 5. The summed E-state index contributed by atoms with van der Waals surface area (Å²) in [5.74, 6) is -0.0858. The zero-order chi connectivity index (χ0) is 18.0. The van der Waals surface area contributed by atoms with Crippen LogP contribution in [0.15, 0.2) is 28.2 Å². The molecule has 25 heavy (non-hydrogen) atoms. The van der Waals surface area contributed by atoms with Crippen molar-refractivity contribution in [1.82, 2.24) is 14.9 Å². The SMILES string of the molecule is CSc1cc2c(=O)n(CC(=O)C[C@@H]3NCCC[C@H]3O)cnc2cc1I. The van der Waals surface area contributed by atoms with Gasteiger partial charge >= 0.3 is 0 Å². The lowest BCUT2D eigenvalue weighted by atomic mass is 9.97. The van der Waals surface area contributed by atoms with Crippen LogP contribution >= 0.6 is 34.4 Å². The van der Waals surface area contributed by atoms with E-state index in [1.807, 2.05) is 18.4 Å². The molecule has 6 nitrogen and oxygen atoms in total. The lowest BCUT2D eigenvalue weighted by molar-refractivity contribution is -0.121. The number of thioether (sulfide) groups is 1. The third-order valence-electron chi connectivity index (χ3n) is 4.44. The van der Waals surface area contributed by atoms with Crippen LogP contribution in [0.25, 0.3) is 10.9 Å². The van der Waals surface area contributed by atoms with Crippen LogP contribution in [0.4, 0.5) is 0 Å². The predicted molar refractivity (Wildman–Crippen MR) is 107 cm³/mol. The number of carbonyl (C=O) groups is 1. The molecule has 2 aromatic rings. The Morgan fingerprint density at radius 1 is 1.52 bits per heavy atom. The van der Waals surface area contributed by atoms with Gasteiger partial charge in [-0.15, -0.1) is 11.8 Å². The lowest BCUT2D eigenvalue weighted by Crippen LogP contribution is -2.46. The van der Waals surface area contributed by atoms with E-state index in [9.17, 15) is 14.7 Å². The van der Waals surface area contributed by atoms with Gasteiger partial charge in [-0.3, -0.25) is 14.2 Å². The second-order valence-corrected chi connectivity index (χ2v) is 8.20. The van der Waals surface area contributed by atoms with E-state index >= 15 is 0 Å². The number of fused-ring (bicyclic) bond motifs is 1. The van der Waals surface area contributed by atoms with Crippen molar-refractivity contribution in [3.8, 4) is 0 Å². The van der Waals surface area contributed by atoms with Gasteiger partial charge in [0.05, 0.1) is 29.9 Å². The van der Waals surface area contributed by atoms with Crippen molar-refractivity contribution in [2.24, 2.45) is 0 Å². The zero-order valence-electron chi connectivity index (χ0n) is 13.9. The second-order valence-electron chi connectivity index (χ2n) is 6.19. The number of carbonyl (C=O) groups excluding carboxylic acids is 1. The first-order valence-corrected chi connectivity index (χ1v) is 10.5. The molecule has 1 aromatic carbocycles. The van der Waals surface area contributed by atoms with Crippen LogP contribution in [0.3, 0.4) is 0 Å². The fourth-order valence-corrected chi connectivity index (χ4v) is 4.67. The molecule has 3 rings (SSSR count). The summed E-state index contributed by atoms with van der Waals surface area (Å²) < 4.78 is 2.41. The number of hydrogen-bond acceptors (Lipinski definition) is 6. The van der Waals surface area contributed by atoms with Crippen molar-refractivity contribution in [2.75, 3.05) is 12.8 Å². The molecular formula is C17H20IN3O3S. The molecule has 2 N–H and O–H groups in total. The van der Waals surface area contributed by atoms with E-state index < -0.39 is 6.10 Å². The monoisotopic (exact) mass is 473 g/mol. The highest BCUT2D eigenvalue weighted by Gasteiger charge is 2.25. The molecule has 0 spiro atoms. The number of ketones is 1. The van der Waals surface area contributed by atoms with Crippen molar-refractivity contribution in [1.29, 1.82) is 0 Å². The minimum absolute atomic E-state index is 0.0206. The minimum Gasteiger partial charge on any atom is -0.391 e. The molecule has 1 aromatic heterocycles. The highest BCUT2D eigenvalue weighted by atomic mass is 127. The van der Waals surface area contributed by atoms with Gasteiger partial charge in [0.15, 0.2) is 5.78 Å². The number of nitrogens with zero attached hydrogens (tertiary/aromatic N) is 2. The molecule has 2 atom stereocenters. The predicted octanol–water partition coefficient (Wildman–Crippen LogP) is 1.80. The normalized spacial score (nSPS) is 20.8. The fraction of sp³-hybridized carbons (Fsp3) is 0.471. The van der Waals surface area contributed by atoms with Crippen LogP contribution < -0.4 is 10.9 Å². The van der Waals surface area contributed by atoms with E-state index in [0.29, 0.717) is 17.3 Å². The zero-order valence-corrected chi connectivity index (χ0v) is 16.8. The average Bonchev–Trinajstić information content (AvgIpc) is 2.59. The van der Waals surface area contributed by atoms with Crippen LogP contribution in [0.1, 0.15) is 19.3 Å². The fourth-order valence-electron chi connectivity index (χ4n) is 3.07. The Morgan fingerprint density at radius 3 is 3.04 bits per heavy atom. The summed E-state index contributed by atoms with van der Waals surface area (Å²) in [5.41, 5.74) is 0.433. The quantitative estimate of drug-likeness (QED) is 0.509. The Balaban J connectivity index is 1.81. The topological polar surface area (TPSA) is 84.2 Å². The van der Waals surface area contributed by atoms with Crippen LogP contribution in [0.2, 0.25) is 0 Å². The molecule has 0 radical (unpaired) electrons. The Labute approximate surface area is 163 Å². The number of aliphatic hydroxyl groups is 1. The van der Waals surface area contributed by atoms with Gasteiger partial charge in [-0.1, -0.05) is 0 Å². The molecule has 0 aliphatic carbocycles. The van der Waals surface area contributed by atoms with Gasteiger partial charge in [-0.05, 0) is 60.4 Å². The van der Waals surface area contributed by atoms with Gasteiger partial charge in [0, 0.05) is 20.9 Å². The second kappa shape index (κ2) is 8.15. The summed E-state index contributed by atoms with van der Waals surface area (Å²) in [6, 6.07) is 3.50. The molecule has 1 fully saturated rings. The van der Waals surface area contributed by atoms with Crippen LogP contribution in [0, 0.1) is 3.57 Å². The molecule has 1 aliphatic rings. The van der Waals surface area contributed by atoms with Crippen LogP contribution in [-0.2, 0) is 11.3 Å². The third-order valence-corrected chi connectivity index (χ3v) is 6.48. The summed E-state index contributed by atoms with van der Waals surface area (Å²) in [6.07, 6.45) is 4.73. The first kappa shape index (κ1) is 18.8. The Bertz CT molecular complexity index is 855. The molecular weight excluding hydrogens is 453 g/mol. The maximum atomic E-state index is 12.7. The van der Waals surface area contributed by atoms with E-state index in [2.05, 4.69) is 32.9 Å². The smallest absolute Gasteiger partial charge is 0.261 e. The average molecular weight is 473 g/mol. The summed E-state index contributed by atoms with van der Waals surface area (Å²) in [6.45, 7) is 0.788. The molecule has 0 amide bonds. The molecule has 0 bridgehead atoms. The Hall–Kier alpha value is -0.970. The molecule has 2 heterocycles. The number of aromatic nitrogens is 2. The summed E-state index contributed by atoms with van der Waals surface area (Å²) in [4.78, 5) is 30.4. The third kappa shape index (κ3) is 4.24. The van der Waals surface area contributed by atoms with E-state index in [4.69, 9.17) is 0 Å². The highest BCUT2D eigenvalue weighted by Crippen LogP contribution is 2.25. The van der Waals surface area contributed by atoms with Gasteiger partial charge in [0.1, 0.15) is 0 Å². The van der Waals surface area contributed by atoms with Gasteiger partial charge in [0.25, 0.3) is 5.56 Å². The van der Waals surface area contributed by atoms with E-state index in [0.717, 1.165) is 21.4 Å². The van der Waals surface area contributed by atoms with Crippen LogP contribution in [-0.4, -0.2) is 45.4 Å². The lowest BCUT2D eigenvalue weighted by Gasteiger charge is -2.28. The first-order chi connectivity index (χ1) is 12.0. The van der Waals surface area contributed by atoms with Crippen molar-refractivity contribution in [3.05, 3.63) is 32.4 Å². The first-order valence-electron chi connectivity index (χ1n) is 8.15. The van der Waals surface area contributed by atoms with E-state index in [1.165, 1.54) is 10.9 Å². The summed E-state index contributed by atoms with van der Waals surface area (Å²) in [5, 5.41) is 13.7. The molecule has 0 saturated carbocycles. The number of Topliss-reactive ketones (excluding diaryl/α,β-unsaturated/α-hetero) is 1. The maximum Gasteiger partial charge on any atom is 0.261 e. The van der Waals surface area contributed by atoms with E-state index in [1.54, 1.807) is 11.8 Å². The van der Waals surface area contributed by atoms with Crippen molar-refractivity contribution in [3.63, 3.8) is 0 Å². The van der Waals surface area contributed by atoms with E-state index in [-0.39, 0.29) is 30.3 Å². The number of halogens is 1. The summed E-state index contributed by atoms with van der Waals surface area (Å²) >= 11 is 3.80. The van der Waals surface area contributed by atoms with Crippen LogP contribution in [0.5, 0.6) is 0 Å². The van der Waals surface area contributed by atoms with Gasteiger partial charge in [-0.25, -0.2) is 4.98 Å². The number of hydrogen-bond donors (Lipinski definition) is 2. The summed E-state index contributed by atoms with van der Waals surface area (Å²) in [7, 11) is 0. The maximum absolute atomic E-state index is 12.7. The molecule has 0 unspecified atom stereocenters. The molecule has 8 heteroatoms. The standard InChI is InChI=1S/C17H20IN3O3S/c1-25-16-6-11-13(7-12(16)18)20-9-21(17(11)24)8-10(22)5-14-15(23)3-2-4-19-14/h6-7,9,14-15,19,23H,2-5,8H2,1H3/t14-,15+/m0/s1. The largest absolute Gasteiger partial charge is 0.391 e. The number of aliphatic hydroxyl groups excluding tert-OH is 1. The minimum atomic E-state index is -0.504. The Kier molecular flexibility index (Phi) is 6.13. The van der Waals surface area contributed by atoms with Crippen molar-refractivity contribution < 1.29 is 9.90 Å². The number of nitrogens with one attached hydrogen (secondary N) is 1. The van der Waals surface area contributed by atoms with Crippen molar-refractivity contribution in [2.45, 2.75) is 42.8 Å². The molecule has 1 saturated heterocycles. The van der Waals surface area contributed by atoms with Crippen molar-refractivity contribution >= 4 is 51.0 Å². The highest BCUT2D eigenvalue weighted by molar-refractivity contribution is 14.1. The number of piperidine rings is 1. The molecule has 134 valence electrons. The van der Waals surface area contributed by atoms with Gasteiger partial charge in [0.2, 0.25) is 0 Å². The van der Waals surface area contributed by atoms with Gasteiger partial charge in [-0.2, -0.15) is 0 Å². The number of benzene rings is 1. The molecule has 1 aliphatic heterocycles. The Morgan fingerprint density at radius 2 is 2.32 bits per heavy atom.